The average Bonchev–Trinajstić information content (AvgIpc) is 2.62. The van der Waals surface area contributed by atoms with Gasteiger partial charge in [0, 0.05) is 37.4 Å². The third-order valence-electron chi connectivity index (χ3n) is 4.93. The van der Waals surface area contributed by atoms with E-state index in [0.29, 0.717) is 6.04 Å². The molecule has 0 spiro atoms. The summed E-state index contributed by atoms with van der Waals surface area (Å²) >= 11 is 0. The second-order valence-electron chi connectivity index (χ2n) is 6.35. The van der Waals surface area contributed by atoms with E-state index in [1.165, 1.54) is 24.9 Å². The Morgan fingerprint density at radius 2 is 1.73 bits per heavy atom. The molecule has 0 N–H and O–H groups in total. The van der Waals surface area contributed by atoms with Gasteiger partial charge in [0.15, 0.2) is 0 Å². The van der Waals surface area contributed by atoms with Crippen LogP contribution in [0.5, 0.6) is 0 Å². The Labute approximate surface area is 133 Å². The highest BCUT2D eigenvalue weighted by Crippen LogP contribution is 2.23. The number of ether oxygens (including phenoxy) is 1. The number of rotatable bonds is 3. The first-order valence-electron chi connectivity index (χ1n) is 8.45. The lowest BCUT2D eigenvalue weighted by molar-refractivity contribution is 0.0696. The molecule has 0 aromatic heterocycles. The van der Waals surface area contributed by atoms with Crippen LogP contribution in [0, 0.1) is 0 Å². The number of morpholine rings is 1. The Morgan fingerprint density at radius 1 is 1.09 bits per heavy atom. The standard InChI is InChI=1S/C18H26N2O2/c1-19(16-5-3-2-4-6-16)18(21)15-7-9-17(10-8-15)20-11-13-22-14-12-20/h7-10,16H,2-6,11-14H2,1H3. The largest absolute Gasteiger partial charge is 0.378 e. The van der Waals surface area contributed by atoms with Crippen LogP contribution < -0.4 is 4.90 Å². The number of carbonyl (C=O) groups is 1. The van der Waals surface area contributed by atoms with Gasteiger partial charge in [-0.25, -0.2) is 0 Å². The van der Waals surface area contributed by atoms with Crippen LogP contribution in [0.3, 0.4) is 0 Å². The van der Waals surface area contributed by atoms with Crippen molar-refractivity contribution in [1.82, 2.24) is 4.90 Å². The number of carbonyl (C=O) groups excluding carboxylic acids is 1. The van der Waals surface area contributed by atoms with Crippen molar-refractivity contribution in [2.75, 3.05) is 38.3 Å². The monoisotopic (exact) mass is 302 g/mol. The van der Waals surface area contributed by atoms with Gasteiger partial charge >= 0.3 is 0 Å². The van der Waals surface area contributed by atoms with Crippen LogP contribution in [0.4, 0.5) is 5.69 Å². The van der Waals surface area contributed by atoms with Crippen molar-refractivity contribution in [2.45, 2.75) is 38.1 Å². The van der Waals surface area contributed by atoms with Crippen molar-refractivity contribution >= 4 is 11.6 Å². The first-order chi connectivity index (χ1) is 10.8. The third kappa shape index (κ3) is 3.43. The van der Waals surface area contributed by atoms with Crippen molar-refractivity contribution in [3.63, 3.8) is 0 Å². The predicted octanol–water partition coefficient (Wildman–Crippen LogP) is 2.93. The fourth-order valence-electron chi connectivity index (χ4n) is 3.47. The molecule has 1 aliphatic heterocycles. The molecule has 120 valence electrons. The zero-order chi connectivity index (χ0) is 15.4. The smallest absolute Gasteiger partial charge is 0.253 e. The summed E-state index contributed by atoms with van der Waals surface area (Å²) in [7, 11) is 1.95. The highest BCUT2D eigenvalue weighted by Gasteiger charge is 2.23. The minimum atomic E-state index is 0.153. The van der Waals surface area contributed by atoms with Crippen LogP contribution in [0.2, 0.25) is 0 Å². The summed E-state index contributed by atoms with van der Waals surface area (Å²) in [4.78, 5) is 16.9. The molecule has 0 bridgehead atoms. The van der Waals surface area contributed by atoms with Gasteiger partial charge in [-0.1, -0.05) is 19.3 Å². The number of anilines is 1. The van der Waals surface area contributed by atoms with Crippen LogP contribution >= 0.6 is 0 Å². The summed E-state index contributed by atoms with van der Waals surface area (Å²) in [5, 5.41) is 0. The number of benzene rings is 1. The normalized spacial score (nSPS) is 20.0. The maximum atomic E-state index is 12.6. The molecule has 0 atom stereocenters. The first-order valence-corrected chi connectivity index (χ1v) is 8.45. The Balaban J connectivity index is 1.64. The van der Waals surface area contributed by atoms with Gasteiger partial charge in [-0.15, -0.1) is 0 Å². The molecular weight excluding hydrogens is 276 g/mol. The summed E-state index contributed by atoms with van der Waals surface area (Å²) < 4.78 is 5.38. The van der Waals surface area contributed by atoms with Gasteiger partial charge in [0.25, 0.3) is 5.91 Å². The molecule has 1 aromatic carbocycles. The fraction of sp³-hybridized carbons (Fsp3) is 0.611. The second kappa shape index (κ2) is 7.14. The van der Waals surface area contributed by atoms with E-state index in [-0.39, 0.29) is 5.91 Å². The van der Waals surface area contributed by atoms with Crippen LogP contribution in [0.15, 0.2) is 24.3 Å². The van der Waals surface area contributed by atoms with E-state index in [0.717, 1.165) is 44.7 Å². The number of hydrogen-bond acceptors (Lipinski definition) is 3. The van der Waals surface area contributed by atoms with Gasteiger partial charge in [0.1, 0.15) is 0 Å². The summed E-state index contributed by atoms with van der Waals surface area (Å²) in [6.07, 6.45) is 6.10. The molecule has 1 aromatic rings. The molecule has 2 fully saturated rings. The second-order valence-corrected chi connectivity index (χ2v) is 6.35. The lowest BCUT2D eigenvalue weighted by Crippen LogP contribution is -2.38. The summed E-state index contributed by atoms with van der Waals surface area (Å²) in [5.41, 5.74) is 1.98. The van der Waals surface area contributed by atoms with Crippen molar-refractivity contribution in [1.29, 1.82) is 0 Å². The molecule has 1 saturated carbocycles. The average molecular weight is 302 g/mol. The Kier molecular flexibility index (Phi) is 4.98. The molecule has 22 heavy (non-hydrogen) atoms. The topological polar surface area (TPSA) is 32.8 Å². The molecule has 1 saturated heterocycles. The highest BCUT2D eigenvalue weighted by molar-refractivity contribution is 5.94. The molecule has 3 rings (SSSR count). The highest BCUT2D eigenvalue weighted by atomic mass is 16.5. The van der Waals surface area contributed by atoms with Crippen molar-refractivity contribution in [3.05, 3.63) is 29.8 Å². The SMILES string of the molecule is CN(C(=O)c1ccc(N2CCOCC2)cc1)C1CCCCC1. The molecule has 1 amide bonds. The Morgan fingerprint density at radius 3 is 2.36 bits per heavy atom. The molecule has 0 unspecified atom stereocenters. The maximum absolute atomic E-state index is 12.6. The summed E-state index contributed by atoms with van der Waals surface area (Å²) in [6.45, 7) is 3.42. The van der Waals surface area contributed by atoms with E-state index in [1.807, 2.05) is 24.1 Å². The molecule has 0 radical (unpaired) electrons. The van der Waals surface area contributed by atoms with Gasteiger partial charge in [-0.05, 0) is 37.1 Å². The van der Waals surface area contributed by atoms with Crippen molar-refractivity contribution in [2.24, 2.45) is 0 Å². The predicted molar refractivity (Wildman–Crippen MR) is 88.4 cm³/mol. The lowest BCUT2D eigenvalue weighted by Gasteiger charge is -2.31. The molecule has 4 heteroatoms. The van der Waals surface area contributed by atoms with Gasteiger partial charge in [-0.2, -0.15) is 0 Å². The zero-order valence-corrected chi connectivity index (χ0v) is 13.5. The number of hydrogen-bond donors (Lipinski definition) is 0. The minimum Gasteiger partial charge on any atom is -0.378 e. The van der Waals surface area contributed by atoms with Crippen LogP contribution in [-0.4, -0.2) is 50.2 Å². The first kappa shape index (κ1) is 15.3. The lowest BCUT2D eigenvalue weighted by atomic mass is 9.94. The molecular formula is C18H26N2O2. The van der Waals surface area contributed by atoms with Crippen LogP contribution in [0.25, 0.3) is 0 Å². The molecule has 2 aliphatic rings. The van der Waals surface area contributed by atoms with Gasteiger partial charge in [0.2, 0.25) is 0 Å². The van der Waals surface area contributed by atoms with E-state index in [1.54, 1.807) is 0 Å². The van der Waals surface area contributed by atoms with Gasteiger partial charge in [0.05, 0.1) is 13.2 Å². The Bertz CT molecular complexity index is 488. The van der Waals surface area contributed by atoms with Crippen molar-refractivity contribution < 1.29 is 9.53 Å². The van der Waals surface area contributed by atoms with E-state index < -0.39 is 0 Å². The van der Waals surface area contributed by atoms with Crippen LogP contribution in [0.1, 0.15) is 42.5 Å². The van der Waals surface area contributed by atoms with E-state index >= 15 is 0 Å². The van der Waals surface area contributed by atoms with Crippen LogP contribution in [-0.2, 0) is 4.74 Å². The van der Waals surface area contributed by atoms with Gasteiger partial charge < -0.3 is 14.5 Å². The number of nitrogens with zero attached hydrogens (tertiary/aromatic N) is 2. The summed E-state index contributed by atoms with van der Waals surface area (Å²) in [5.74, 6) is 0.153. The molecule has 1 aliphatic carbocycles. The molecule has 4 nitrogen and oxygen atoms in total. The fourth-order valence-corrected chi connectivity index (χ4v) is 3.47. The third-order valence-corrected chi connectivity index (χ3v) is 4.93. The summed E-state index contributed by atoms with van der Waals surface area (Å²) in [6, 6.07) is 8.47. The maximum Gasteiger partial charge on any atom is 0.253 e. The number of amides is 1. The van der Waals surface area contributed by atoms with Gasteiger partial charge in [-0.3, -0.25) is 4.79 Å². The van der Waals surface area contributed by atoms with Crippen molar-refractivity contribution in [3.8, 4) is 0 Å². The van der Waals surface area contributed by atoms with E-state index in [4.69, 9.17) is 4.74 Å². The molecule has 1 heterocycles. The quantitative estimate of drug-likeness (QED) is 0.860. The Hall–Kier alpha value is -1.55. The minimum absolute atomic E-state index is 0.153. The van der Waals surface area contributed by atoms with E-state index in [2.05, 4.69) is 17.0 Å². The van der Waals surface area contributed by atoms with E-state index in [9.17, 15) is 4.79 Å². The zero-order valence-electron chi connectivity index (χ0n) is 13.5.